The van der Waals surface area contributed by atoms with Gasteiger partial charge in [0.05, 0.1) is 36.1 Å². The number of allylic oxidation sites excluding steroid dienone is 1. The summed E-state index contributed by atoms with van der Waals surface area (Å²) in [6, 6.07) is 8.83. The largest absolute Gasteiger partial charge is 0.494 e. The number of hydrogen-bond acceptors (Lipinski definition) is 7. The predicted octanol–water partition coefficient (Wildman–Crippen LogP) is 1.04. The van der Waals surface area contributed by atoms with E-state index >= 15 is 0 Å². The molecule has 1 aliphatic rings. The number of ether oxygens (including phenoxy) is 2. The number of primary amides is 1. The smallest absolute Gasteiger partial charge is 0.319 e. The van der Waals surface area contributed by atoms with Crippen molar-refractivity contribution in [3.05, 3.63) is 40.4 Å². The normalized spacial score (nSPS) is 19.1. The molecule has 0 saturated carbocycles. The minimum Gasteiger partial charge on any atom is -0.494 e. The van der Waals surface area contributed by atoms with Crippen LogP contribution in [0.15, 0.2) is 34.9 Å². The van der Waals surface area contributed by atoms with E-state index in [9.17, 15) is 19.6 Å². The SMILES string of the molecule is CCOc1ccc([C@@H]2C(C#N)=C(SCC(N)=O)NC(=O)[C@@H]2C(=O)OC)cc1. The second-order valence-electron chi connectivity index (χ2n) is 5.58. The summed E-state index contributed by atoms with van der Waals surface area (Å²) >= 11 is 0.947. The fourth-order valence-corrected chi connectivity index (χ4v) is 3.55. The zero-order valence-electron chi connectivity index (χ0n) is 14.9. The third kappa shape index (κ3) is 4.60. The second kappa shape index (κ2) is 9.09. The molecule has 0 fully saturated rings. The lowest BCUT2D eigenvalue weighted by molar-refractivity contribution is -0.150. The highest BCUT2D eigenvalue weighted by Gasteiger charge is 2.44. The van der Waals surface area contributed by atoms with E-state index in [1.165, 1.54) is 7.11 Å². The summed E-state index contributed by atoms with van der Waals surface area (Å²) in [5.41, 5.74) is 5.90. The van der Waals surface area contributed by atoms with Crippen molar-refractivity contribution >= 4 is 29.5 Å². The first-order chi connectivity index (χ1) is 12.9. The number of nitriles is 1. The number of hydrogen-bond donors (Lipinski definition) is 2. The molecule has 0 radical (unpaired) electrons. The number of rotatable bonds is 7. The predicted molar refractivity (Wildman–Crippen MR) is 98.3 cm³/mol. The highest BCUT2D eigenvalue weighted by atomic mass is 32.2. The molecule has 142 valence electrons. The highest BCUT2D eigenvalue weighted by molar-refractivity contribution is 8.03. The zero-order valence-corrected chi connectivity index (χ0v) is 15.7. The second-order valence-corrected chi connectivity index (χ2v) is 6.56. The molecular formula is C18H19N3O5S. The van der Waals surface area contributed by atoms with E-state index in [1.54, 1.807) is 24.3 Å². The van der Waals surface area contributed by atoms with Crippen LogP contribution < -0.4 is 15.8 Å². The van der Waals surface area contributed by atoms with E-state index < -0.39 is 29.6 Å². The van der Waals surface area contributed by atoms with Gasteiger partial charge in [-0.3, -0.25) is 14.4 Å². The molecule has 9 heteroatoms. The number of methoxy groups -OCH3 is 1. The number of nitrogens with zero attached hydrogens (tertiary/aromatic N) is 1. The van der Waals surface area contributed by atoms with Crippen LogP contribution in [0.4, 0.5) is 0 Å². The van der Waals surface area contributed by atoms with E-state index in [1.807, 2.05) is 13.0 Å². The van der Waals surface area contributed by atoms with Crippen molar-refractivity contribution in [3.8, 4) is 11.8 Å². The number of nitrogens with two attached hydrogens (primary N) is 1. The average Bonchev–Trinajstić information content (AvgIpc) is 2.66. The van der Waals surface area contributed by atoms with Crippen LogP contribution in [-0.4, -0.2) is 37.3 Å². The molecule has 2 rings (SSSR count). The third-order valence-electron chi connectivity index (χ3n) is 3.89. The Labute approximate surface area is 160 Å². The molecule has 0 spiro atoms. The van der Waals surface area contributed by atoms with Crippen molar-refractivity contribution < 1.29 is 23.9 Å². The van der Waals surface area contributed by atoms with Crippen LogP contribution in [0.3, 0.4) is 0 Å². The minimum absolute atomic E-state index is 0.111. The van der Waals surface area contributed by atoms with Gasteiger partial charge in [-0.2, -0.15) is 5.26 Å². The average molecular weight is 389 g/mol. The Bertz CT molecular complexity index is 813. The molecule has 0 aliphatic carbocycles. The lowest BCUT2D eigenvalue weighted by Crippen LogP contribution is -2.44. The van der Waals surface area contributed by atoms with Crippen molar-refractivity contribution in [1.82, 2.24) is 5.32 Å². The molecule has 2 amide bonds. The number of carbonyl (C=O) groups is 3. The van der Waals surface area contributed by atoms with Gasteiger partial charge in [-0.15, -0.1) is 0 Å². The molecule has 0 saturated heterocycles. The summed E-state index contributed by atoms with van der Waals surface area (Å²) < 4.78 is 10.2. The standard InChI is InChI=1S/C18H19N3O5S/c1-3-26-11-6-4-10(5-7-11)14-12(8-19)17(27-9-13(20)22)21-16(23)15(14)18(24)25-2/h4-7,14-15H,3,9H2,1-2H3,(H2,20,22)(H,21,23)/t14-,15-/m1/s1. The molecule has 27 heavy (non-hydrogen) atoms. The Hall–Kier alpha value is -2.99. The monoisotopic (exact) mass is 389 g/mol. The summed E-state index contributed by atoms with van der Waals surface area (Å²) in [6.45, 7) is 2.35. The van der Waals surface area contributed by atoms with E-state index in [2.05, 4.69) is 5.32 Å². The molecule has 1 aromatic rings. The van der Waals surface area contributed by atoms with Gasteiger partial charge in [0.25, 0.3) is 0 Å². The molecule has 1 aliphatic heterocycles. The molecule has 2 atom stereocenters. The van der Waals surface area contributed by atoms with Crippen molar-refractivity contribution in [1.29, 1.82) is 5.26 Å². The first kappa shape index (κ1) is 20.3. The van der Waals surface area contributed by atoms with Crippen molar-refractivity contribution in [2.45, 2.75) is 12.8 Å². The molecule has 1 heterocycles. The number of benzene rings is 1. The van der Waals surface area contributed by atoms with Gasteiger partial charge < -0.3 is 20.5 Å². The third-order valence-corrected chi connectivity index (χ3v) is 4.93. The van der Waals surface area contributed by atoms with E-state index in [-0.39, 0.29) is 16.4 Å². The Kier molecular flexibility index (Phi) is 6.85. The summed E-state index contributed by atoms with van der Waals surface area (Å²) in [5, 5.41) is 12.4. The van der Waals surface area contributed by atoms with Gasteiger partial charge in [-0.1, -0.05) is 23.9 Å². The Balaban J connectivity index is 2.53. The van der Waals surface area contributed by atoms with Crippen LogP contribution in [0.5, 0.6) is 5.75 Å². The zero-order chi connectivity index (χ0) is 20.0. The van der Waals surface area contributed by atoms with Crippen LogP contribution in [0.25, 0.3) is 0 Å². The van der Waals surface area contributed by atoms with Gasteiger partial charge in [0.15, 0.2) is 0 Å². The molecule has 0 bridgehead atoms. The Morgan fingerprint density at radius 3 is 2.52 bits per heavy atom. The molecule has 0 unspecified atom stereocenters. The van der Waals surface area contributed by atoms with Crippen LogP contribution in [0, 0.1) is 17.2 Å². The summed E-state index contributed by atoms with van der Waals surface area (Å²) in [6.07, 6.45) is 0. The maximum Gasteiger partial charge on any atom is 0.319 e. The Morgan fingerprint density at radius 1 is 1.33 bits per heavy atom. The summed E-state index contributed by atoms with van der Waals surface area (Å²) in [7, 11) is 1.18. The van der Waals surface area contributed by atoms with Crippen LogP contribution in [-0.2, 0) is 19.1 Å². The lowest BCUT2D eigenvalue weighted by atomic mass is 9.78. The first-order valence-corrected chi connectivity index (χ1v) is 9.08. The lowest BCUT2D eigenvalue weighted by Gasteiger charge is -2.30. The van der Waals surface area contributed by atoms with Gasteiger partial charge in [-0.05, 0) is 24.6 Å². The minimum atomic E-state index is -1.22. The summed E-state index contributed by atoms with van der Waals surface area (Å²) in [5.74, 6) is -3.50. The number of esters is 1. The van der Waals surface area contributed by atoms with Gasteiger partial charge in [-0.25, -0.2) is 0 Å². The number of nitrogens with one attached hydrogen (secondary N) is 1. The van der Waals surface area contributed by atoms with E-state index in [0.29, 0.717) is 17.9 Å². The topological polar surface area (TPSA) is 132 Å². The van der Waals surface area contributed by atoms with Crippen LogP contribution in [0.1, 0.15) is 18.4 Å². The maximum atomic E-state index is 12.6. The van der Waals surface area contributed by atoms with E-state index in [0.717, 1.165) is 11.8 Å². The van der Waals surface area contributed by atoms with Gasteiger partial charge in [0.2, 0.25) is 11.8 Å². The van der Waals surface area contributed by atoms with Gasteiger partial charge >= 0.3 is 5.97 Å². The molecular weight excluding hydrogens is 370 g/mol. The molecule has 0 aromatic heterocycles. The number of thioether (sulfide) groups is 1. The van der Waals surface area contributed by atoms with Gasteiger partial charge in [0.1, 0.15) is 11.7 Å². The highest BCUT2D eigenvalue weighted by Crippen LogP contribution is 2.40. The molecule has 3 N–H and O–H groups in total. The molecule has 8 nitrogen and oxygen atoms in total. The summed E-state index contributed by atoms with van der Waals surface area (Å²) in [4.78, 5) is 35.9. The van der Waals surface area contributed by atoms with Crippen molar-refractivity contribution in [2.75, 3.05) is 19.5 Å². The first-order valence-electron chi connectivity index (χ1n) is 8.09. The fraction of sp³-hybridized carbons (Fsp3) is 0.333. The fourth-order valence-electron chi connectivity index (χ4n) is 2.76. The van der Waals surface area contributed by atoms with Crippen molar-refractivity contribution in [3.63, 3.8) is 0 Å². The molecule has 1 aromatic carbocycles. The van der Waals surface area contributed by atoms with Gasteiger partial charge in [0, 0.05) is 5.92 Å². The Morgan fingerprint density at radius 2 is 2.00 bits per heavy atom. The van der Waals surface area contributed by atoms with Crippen LogP contribution in [0.2, 0.25) is 0 Å². The number of carbonyl (C=O) groups excluding carboxylic acids is 3. The number of amides is 2. The van der Waals surface area contributed by atoms with Crippen molar-refractivity contribution in [2.24, 2.45) is 11.7 Å². The maximum absolute atomic E-state index is 12.6. The van der Waals surface area contributed by atoms with E-state index in [4.69, 9.17) is 15.2 Å². The van der Waals surface area contributed by atoms with Crippen LogP contribution >= 0.6 is 11.8 Å². The quantitative estimate of drug-likeness (QED) is 0.526.